The first-order valence-corrected chi connectivity index (χ1v) is 8.32. The standard InChI is InChI=1S/C16H30N2O2/c1-20-14-9-16(19)18-12-6-3-7-15(18)8-13-17-10-4-2-5-11-17/h15H,2-14H2,1H3. The number of likely N-dealkylation sites (tertiary alicyclic amines) is 2. The Morgan fingerprint density at radius 3 is 2.60 bits per heavy atom. The lowest BCUT2D eigenvalue weighted by Gasteiger charge is -2.37. The summed E-state index contributed by atoms with van der Waals surface area (Å²) in [6.45, 7) is 5.18. The Bertz CT molecular complexity index is 290. The number of ether oxygens (including phenoxy) is 1. The highest BCUT2D eigenvalue weighted by atomic mass is 16.5. The summed E-state index contributed by atoms with van der Waals surface area (Å²) in [6, 6.07) is 0.468. The van der Waals surface area contributed by atoms with E-state index < -0.39 is 0 Å². The van der Waals surface area contributed by atoms with E-state index in [1.807, 2.05) is 0 Å². The smallest absolute Gasteiger partial charge is 0.225 e. The molecule has 1 amide bonds. The maximum Gasteiger partial charge on any atom is 0.225 e. The van der Waals surface area contributed by atoms with Crippen LogP contribution in [0.1, 0.15) is 51.4 Å². The minimum absolute atomic E-state index is 0.287. The average molecular weight is 282 g/mol. The summed E-state index contributed by atoms with van der Waals surface area (Å²) >= 11 is 0. The molecule has 0 saturated carbocycles. The third-order valence-corrected chi connectivity index (χ3v) is 4.69. The molecule has 20 heavy (non-hydrogen) atoms. The summed E-state index contributed by atoms with van der Waals surface area (Å²) in [4.78, 5) is 17.0. The summed E-state index contributed by atoms with van der Waals surface area (Å²) in [5, 5.41) is 0. The van der Waals surface area contributed by atoms with Gasteiger partial charge in [0.2, 0.25) is 5.91 Å². The van der Waals surface area contributed by atoms with Gasteiger partial charge in [0.1, 0.15) is 0 Å². The van der Waals surface area contributed by atoms with Crippen LogP contribution in [0.5, 0.6) is 0 Å². The molecule has 2 aliphatic rings. The second-order valence-electron chi connectivity index (χ2n) is 6.17. The molecule has 2 aliphatic heterocycles. The van der Waals surface area contributed by atoms with Gasteiger partial charge in [-0.05, 0) is 51.6 Å². The van der Waals surface area contributed by atoms with E-state index in [1.54, 1.807) is 7.11 Å². The minimum atomic E-state index is 0.287. The number of rotatable bonds is 6. The Kier molecular flexibility index (Phi) is 6.80. The van der Waals surface area contributed by atoms with E-state index in [2.05, 4.69) is 9.80 Å². The van der Waals surface area contributed by atoms with Crippen LogP contribution in [-0.4, -0.2) is 61.6 Å². The Hall–Kier alpha value is -0.610. The predicted octanol–water partition coefficient (Wildman–Crippen LogP) is 2.28. The van der Waals surface area contributed by atoms with E-state index in [4.69, 9.17) is 4.74 Å². The molecule has 0 aromatic carbocycles. The zero-order valence-corrected chi connectivity index (χ0v) is 13.0. The summed E-state index contributed by atoms with van der Waals surface area (Å²) in [7, 11) is 1.66. The van der Waals surface area contributed by atoms with Crippen molar-refractivity contribution in [1.29, 1.82) is 0 Å². The summed E-state index contributed by atoms with van der Waals surface area (Å²) in [5.41, 5.74) is 0. The van der Waals surface area contributed by atoms with Gasteiger partial charge >= 0.3 is 0 Å². The lowest BCUT2D eigenvalue weighted by molar-refractivity contribution is -0.136. The minimum Gasteiger partial charge on any atom is -0.384 e. The Labute approximate surface area is 123 Å². The van der Waals surface area contributed by atoms with Crippen molar-refractivity contribution in [1.82, 2.24) is 9.80 Å². The maximum atomic E-state index is 12.3. The van der Waals surface area contributed by atoms with Crippen molar-refractivity contribution in [3.05, 3.63) is 0 Å². The van der Waals surface area contributed by atoms with Gasteiger partial charge in [0.25, 0.3) is 0 Å². The van der Waals surface area contributed by atoms with Crippen LogP contribution in [0.2, 0.25) is 0 Å². The number of carbonyl (C=O) groups is 1. The molecule has 1 atom stereocenters. The first kappa shape index (κ1) is 15.8. The number of piperidine rings is 2. The number of nitrogens with zero attached hydrogens (tertiary/aromatic N) is 2. The zero-order valence-electron chi connectivity index (χ0n) is 13.0. The monoisotopic (exact) mass is 282 g/mol. The molecule has 0 aromatic heterocycles. The van der Waals surface area contributed by atoms with Crippen molar-refractivity contribution in [2.75, 3.05) is 39.9 Å². The van der Waals surface area contributed by atoms with Crippen molar-refractivity contribution in [3.8, 4) is 0 Å². The van der Waals surface area contributed by atoms with Crippen LogP contribution < -0.4 is 0 Å². The van der Waals surface area contributed by atoms with Crippen LogP contribution in [0.3, 0.4) is 0 Å². The lowest BCUT2D eigenvalue weighted by atomic mass is 9.98. The van der Waals surface area contributed by atoms with Gasteiger partial charge in [-0.15, -0.1) is 0 Å². The molecule has 0 spiro atoms. The maximum absolute atomic E-state index is 12.3. The van der Waals surface area contributed by atoms with Crippen LogP contribution in [0.25, 0.3) is 0 Å². The number of carbonyl (C=O) groups excluding carboxylic acids is 1. The molecule has 2 rings (SSSR count). The predicted molar refractivity (Wildman–Crippen MR) is 80.8 cm³/mol. The van der Waals surface area contributed by atoms with E-state index in [0.717, 1.165) is 13.0 Å². The first-order valence-electron chi connectivity index (χ1n) is 8.32. The second-order valence-corrected chi connectivity index (χ2v) is 6.17. The van der Waals surface area contributed by atoms with Gasteiger partial charge in [0.05, 0.1) is 13.0 Å². The van der Waals surface area contributed by atoms with Gasteiger partial charge in [-0.2, -0.15) is 0 Å². The topological polar surface area (TPSA) is 32.8 Å². The van der Waals surface area contributed by atoms with Gasteiger partial charge in [-0.25, -0.2) is 0 Å². The fraction of sp³-hybridized carbons (Fsp3) is 0.938. The molecule has 0 radical (unpaired) electrons. The quantitative estimate of drug-likeness (QED) is 0.749. The van der Waals surface area contributed by atoms with Crippen molar-refractivity contribution in [2.45, 2.75) is 57.4 Å². The van der Waals surface area contributed by atoms with Gasteiger partial charge in [0.15, 0.2) is 0 Å². The van der Waals surface area contributed by atoms with Crippen molar-refractivity contribution in [3.63, 3.8) is 0 Å². The van der Waals surface area contributed by atoms with Crippen LogP contribution >= 0.6 is 0 Å². The average Bonchev–Trinajstić information content (AvgIpc) is 2.52. The van der Waals surface area contributed by atoms with Gasteiger partial charge in [0, 0.05) is 26.2 Å². The fourth-order valence-corrected chi connectivity index (χ4v) is 3.48. The van der Waals surface area contributed by atoms with E-state index in [0.29, 0.717) is 19.1 Å². The first-order chi connectivity index (χ1) is 9.81. The van der Waals surface area contributed by atoms with E-state index in [9.17, 15) is 4.79 Å². The Balaban J connectivity index is 1.78. The number of methoxy groups -OCH3 is 1. The lowest BCUT2D eigenvalue weighted by Crippen LogP contribution is -2.45. The van der Waals surface area contributed by atoms with E-state index >= 15 is 0 Å². The second kappa shape index (κ2) is 8.63. The molecule has 0 aromatic rings. The largest absolute Gasteiger partial charge is 0.384 e. The van der Waals surface area contributed by atoms with Crippen molar-refractivity contribution < 1.29 is 9.53 Å². The molecule has 4 nitrogen and oxygen atoms in total. The number of hydrogen-bond donors (Lipinski definition) is 0. The highest BCUT2D eigenvalue weighted by molar-refractivity contribution is 5.76. The normalized spacial score (nSPS) is 24.9. The van der Waals surface area contributed by atoms with Crippen LogP contribution in [0.4, 0.5) is 0 Å². The molecule has 2 fully saturated rings. The molecule has 0 N–H and O–H groups in total. The fourth-order valence-electron chi connectivity index (χ4n) is 3.48. The van der Waals surface area contributed by atoms with Gasteiger partial charge < -0.3 is 14.5 Å². The van der Waals surface area contributed by atoms with Crippen molar-refractivity contribution in [2.24, 2.45) is 0 Å². The molecular weight excluding hydrogens is 252 g/mol. The summed E-state index contributed by atoms with van der Waals surface area (Å²) in [6.07, 6.45) is 9.41. The summed E-state index contributed by atoms with van der Waals surface area (Å²) in [5.74, 6) is 0.287. The molecule has 4 heteroatoms. The van der Waals surface area contributed by atoms with Crippen LogP contribution in [-0.2, 0) is 9.53 Å². The highest BCUT2D eigenvalue weighted by Crippen LogP contribution is 2.21. The zero-order chi connectivity index (χ0) is 14.2. The molecule has 2 heterocycles. The van der Waals surface area contributed by atoms with Crippen LogP contribution in [0, 0.1) is 0 Å². The molecular formula is C16H30N2O2. The van der Waals surface area contributed by atoms with Crippen LogP contribution in [0.15, 0.2) is 0 Å². The third kappa shape index (κ3) is 4.74. The number of hydrogen-bond acceptors (Lipinski definition) is 3. The molecule has 0 bridgehead atoms. The number of amides is 1. The Morgan fingerprint density at radius 1 is 1.10 bits per heavy atom. The van der Waals surface area contributed by atoms with Gasteiger partial charge in [-0.1, -0.05) is 6.42 Å². The molecule has 0 aliphatic carbocycles. The van der Waals surface area contributed by atoms with E-state index in [-0.39, 0.29) is 5.91 Å². The van der Waals surface area contributed by atoms with Crippen molar-refractivity contribution >= 4 is 5.91 Å². The Morgan fingerprint density at radius 2 is 1.85 bits per heavy atom. The SMILES string of the molecule is COCCC(=O)N1CCCCC1CCN1CCCCC1. The summed E-state index contributed by atoms with van der Waals surface area (Å²) < 4.78 is 5.04. The molecule has 1 unspecified atom stereocenters. The van der Waals surface area contributed by atoms with Gasteiger partial charge in [-0.3, -0.25) is 4.79 Å². The third-order valence-electron chi connectivity index (χ3n) is 4.69. The molecule has 116 valence electrons. The van der Waals surface area contributed by atoms with E-state index in [1.165, 1.54) is 58.2 Å². The molecule has 2 saturated heterocycles. The highest BCUT2D eigenvalue weighted by Gasteiger charge is 2.26.